The lowest BCUT2D eigenvalue weighted by Crippen LogP contribution is -1.86. The molecule has 0 aliphatic carbocycles. The van der Waals surface area contributed by atoms with Gasteiger partial charge in [-0.05, 0) is 13.8 Å². The minimum Gasteiger partial charge on any atom is -0.303 e. The maximum absolute atomic E-state index is 14.3. The highest BCUT2D eigenvalue weighted by molar-refractivity contribution is 7.78. The molecule has 0 fully saturated rings. The normalized spacial score (nSPS) is 34.6. The first-order chi connectivity index (χ1) is 10.7. The topological polar surface area (TPSA) is 80.3 Å². The largest absolute Gasteiger partial charge is 0.425 e. The number of halogens is 8. The summed E-state index contributed by atoms with van der Waals surface area (Å²) in [6, 6.07) is 0. The molecule has 144 valence electrons. The molecule has 0 amide bonds. The summed E-state index contributed by atoms with van der Waals surface area (Å²) in [6.45, 7) is 0.803. The van der Waals surface area contributed by atoms with Gasteiger partial charge >= 0.3 is 39.0 Å². The van der Waals surface area contributed by atoms with Gasteiger partial charge in [0.2, 0.25) is 0 Å². The van der Waals surface area contributed by atoms with Gasteiger partial charge in [-0.25, -0.2) is 0 Å². The fourth-order valence-electron chi connectivity index (χ4n) is 1.18. The average molecular weight is 467 g/mol. The number of rotatable bonds is 4. The SMILES string of the molecule is CCOP1(F)=NP(F)(F)=NP(F)(F)=NP(F)(F)=NP(F)(OCC)=N1. The van der Waals surface area contributed by atoms with Crippen LogP contribution in [-0.4, -0.2) is 13.2 Å². The molecule has 2 unspecified atom stereocenters. The van der Waals surface area contributed by atoms with E-state index >= 15 is 0 Å². The molecule has 0 aromatic heterocycles. The Morgan fingerprint density at radius 3 is 1.29 bits per heavy atom. The van der Waals surface area contributed by atoms with Crippen molar-refractivity contribution in [3.63, 3.8) is 0 Å². The van der Waals surface area contributed by atoms with Crippen LogP contribution in [0.3, 0.4) is 0 Å². The van der Waals surface area contributed by atoms with Gasteiger partial charge in [0.1, 0.15) is 0 Å². The number of hydrogen-bond acceptors (Lipinski definition) is 7. The van der Waals surface area contributed by atoms with Crippen molar-refractivity contribution in [2.24, 2.45) is 22.6 Å². The van der Waals surface area contributed by atoms with Gasteiger partial charge in [-0.3, -0.25) is 0 Å². The lowest BCUT2D eigenvalue weighted by molar-refractivity contribution is 0.337. The van der Waals surface area contributed by atoms with Crippen molar-refractivity contribution in [2.75, 3.05) is 13.2 Å². The van der Waals surface area contributed by atoms with Gasteiger partial charge in [0.15, 0.2) is 0 Å². The van der Waals surface area contributed by atoms with E-state index in [-0.39, 0.29) is 0 Å². The van der Waals surface area contributed by atoms with Gasteiger partial charge in [0, 0.05) is 0 Å². The molecular formula is C4H10F8N5O2P5. The Morgan fingerprint density at radius 2 is 0.875 bits per heavy atom. The monoisotopic (exact) mass is 467 g/mol. The third-order valence-electron chi connectivity index (χ3n) is 1.67. The molecular weight excluding hydrogens is 457 g/mol. The van der Waals surface area contributed by atoms with Crippen LogP contribution in [0.5, 0.6) is 0 Å². The van der Waals surface area contributed by atoms with E-state index in [4.69, 9.17) is 0 Å². The second-order valence-corrected chi connectivity index (χ2v) is 12.3. The fourth-order valence-corrected chi connectivity index (χ4v) is 10.3. The van der Waals surface area contributed by atoms with Gasteiger partial charge in [-0.1, -0.05) is 0 Å². The van der Waals surface area contributed by atoms with Gasteiger partial charge in [-0.15, -0.1) is 47.8 Å². The molecule has 20 heteroatoms. The molecule has 0 radical (unpaired) electrons. The van der Waals surface area contributed by atoms with E-state index in [1.54, 1.807) is 9.03 Å². The Labute approximate surface area is 132 Å². The van der Waals surface area contributed by atoms with E-state index in [2.05, 4.69) is 22.6 Å². The summed E-state index contributed by atoms with van der Waals surface area (Å²) in [5.74, 6) is 0. The predicted octanol–water partition coefficient (Wildman–Crippen LogP) is 9.56. The van der Waals surface area contributed by atoms with Crippen LogP contribution < -0.4 is 0 Å². The summed E-state index contributed by atoms with van der Waals surface area (Å²) in [7, 11) is -30.9. The quantitative estimate of drug-likeness (QED) is 0.305. The van der Waals surface area contributed by atoms with E-state index in [9.17, 15) is 33.6 Å². The first-order valence-corrected chi connectivity index (χ1v) is 13.1. The smallest absolute Gasteiger partial charge is 0.303 e. The maximum Gasteiger partial charge on any atom is 0.425 e. The van der Waals surface area contributed by atoms with Crippen molar-refractivity contribution >= 4 is 39.0 Å². The zero-order valence-corrected chi connectivity index (χ0v) is 16.2. The van der Waals surface area contributed by atoms with Gasteiger partial charge in [-0.2, -0.15) is 8.39 Å². The van der Waals surface area contributed by atoms with Gasteiger partial charge < -0.3 is 9.05 Å². The van der Waals surface area contributed by atoms with Crippen LogP contribution in [0.25, 0.3) is 0 Å². The standard InChI is InChI=1S/C4H10F8N5O2P5/c1-3-18-23(11)15-21(7,8)13-20(5,6)14-22(9,10)16-24(12,17-23)19-4-2/h3-4H2,1-2H3. The minimum atomic E-state index is -6.64. The Bertz CT molecular complexity index is 749. The highest BCUT2D eigenvalue weighted by atomic mass is 31.3. The summed E-state index contributed by atoms with van der Waals surface area (Å²) in [5.41, 5.74) is 0. The van der Waals surface area contributed by atoms with Gasteiger partial charge in [0.25, 0.3) is 0 Å². The second kappa shape index (κ2) is 7.63. The van der Waals surface area contributed by atoms with Gasteiger partial charge in [0.05, 0.1) is 13.2 Å². The van der Waals surface area contributed by atoms with E-state index < -0.39 is 52.2 Å². The predicted molar refractivity (Wildman–Crippen MR) is 78.9 cm³/mol. The summed E-state index contributed by atoms with van der Waals surface area (Å²) in [5, 5.41) is 0. The highest BCUT2D eigenvalue weighted by Gasteiger charge is 2.40. The molecule has 1 heterocycles. The van der Waals surface area contributed by atoms with Crippen LogP contribution in [0.4, 0.5) is 33.6 Å². The Balaban J connectivity index is 4.00. The Hall–Kier alpha value is 0.510. The summed E-state index contributed by atoms with van der Waals surface area (Å²) >= 11 is 0. The van der Waals surface area contributed by atoms with Crippen molar-refractivity contribution in [2.45, 2.75) is 13.8 Å². The Morgan fingerprint density at radius 1 is 0.542 bits per heavy atom. The molecule has 0 saturated carbocycles. The van der Waals surface area contributed by atoms with Crippen LogP contribution >= 0.6 is 39.0 Å². The molecule has 0 spiro atoms. The van der Waals surface area contributed by atoms with Crippen molar-refractivity contribution in [1.29, 1.82) is 0 Å². The molecule has 2 atom stereocenters. The van der Waals surface area contributed by atoms with Crippen LogP contribution in [0.2, 0.25) is 0 Å². The van der Waals surface area contributed by atoms with Crippen LogP contribution in [-0.2, 0) is 9.05 Å². The maximum atomic E-state index is 14.3. The van der Waals surface area contributed by atoms with Crippen molar-refractivity contribution in [3.8, 4) is 0 Å². The molecule has 0 bridgehead atoms. The summed E-state index contributed by atoms with van der Waals surface area (Å²) in [4.78, 5) is 0. The number of hydrogen-bond donors (Lipinski definition) is 0. The van der Waals surface area contributed by atoms with Crippen molar-refractivity contribution in [3.05, 3.63) is 0 Å². The van der Waals surface area contributed by atoms with E-state index in [0.717, 1.165) is 13.8 Å². The average Bonchev–Trinajstić information content (AvgIpc) is 2.19. The van der Waals surface area contributed by atoms with Crippen LogP contribution in [0.1, 0.15) is 13.8 Å². The molecule has 1 aliphatic heterocycles. The molecule has 0 aromatic carbocycles. The highest BCUT2D eigenvalue weighted by Crippen LogP contribution is 2.82. The molecule has 0 N–H and O–H groups in total. The lowest BCUT2D eigenvalue weighted by atomic mass is 10.9. The molecule has 1 aliphatic rings. The van der Waals surface area contributed by atoms with Crippen LogP contribution in [0, 0.1) is 0 Å². The molecule has 0 saturated heterocycles. The van der Waals surface area contributed by atoms with Crippen molar-refractivity contribution < 1.29 is 42.6 Å². The summed E-state index contributed by atoms with van der Waals surface area (Å²) in [6.07, 6.45) is 0. The van der Waals surface area contributed by atoms with Crippen molar-refractivity contribution in [1.82, 2.24) is 0 Å². The fraction of sp³-hybridized carbons (Fsp3) is 1.00. The molecule has 1 rings (SSSR count). The Kier molecular flexibility index (Phi) is 7.17. The minimum absolute atomic E-state index is 0.676. The summed E-state index contributed by atoms with van der Waals surface area (Å²) < 4.78 is 127. The first kappa shape index (κ1) is 22.6. The molecule has 0 aromatic rings. The van der Waals surface area contributed by atoms with E-state index in [1.807, 2.05) is 0 Å². The molecule has 7 nitrogen and oxygen atoms in total. The van der Waals surface area contributed by atoms with Crippen LogP contribution in [0.15, 0.2) is 22.6 Å². The zero-order chi connectivity index (χ0) is 18.9. The third-order valence-corrected chi connectivity index (χ3v) is 11.5. The zero-order valence-electron chi connectivity index (χ0n) is 11.7. The number of nitrogens with zero attached hydrogens (tertiary/aromatic N) is 5. The molecule has 24 heavy (non-hydrogen) atoms. The third kappa shape index (κ3) is 7.02. The first-order valence-electron chi connectivity index (χ1n) is 5.71. The van der Waals surface area contributed by atoms with E-state index in [0.29, 0.717) is 0 Å². The lowest BCUT2D eigenvalue weighted by Gasteiger charge is -2.17. The van der Waals surface area contributed by atoms with E-state index in [1.165, 1.54) is 0 Å². The second-order valence-electron chi connectivity index (χ2n) is 3.60.